The molecule has 19 heavy (non-hydrogen) atoms. The van der Waals surface area contributed by atoms with E-state index in [4.69, 9.17) is 10.9 Å². The molecular weight excluding hydrogens is 262 g/mol. The van der Waals surface area contributed by atoms with Crippen molar-refractivity contribution in [2.75, 3.05) is 0 Å². The molecule has 0 bridgehead atoms. The third kappa shape index (κ3) is 4.24. The summed E-state index contributed by atoms with van der Waals surface area (Å²) in [5.41, 5.74) is 6.80. The van der Waals surface area contributed by atoms with Crippen molar-refractivity contribution in [2.45, 2.75) is 39.7 Å². The molecule has 0 aliphatic carbocycles. The monoisotopic (exact) mass is 283 g/mol. The maximum Gasteiger partial charge on any atom is 0.231 e. The highest BCUT2D eigenvalue weighted by atomic mass is 32.1. The second-order valence-electron chi connectivity index (χ2n) is 4.31. The van der Waals surface area contributed by atoms with Gasteiger partial charge in [0.05, 0.1) is 12.5 Å². The van der Waals surface area contributed by atoms with Gasteiger partial charge in [-0.15, -0.1) is 11.3 Å². The molecular formula is C13H21N3O2S. The zero-order valence-electron chi connectivity index (χ0n) is 11.3. The molecule has 0 fully saturated rings. The Morgan fingerprint density at radius 3 is 2.89 bits per heavy atom. The van der Waals surface area contributed by atoms with Gasteiger partial charge in [-0.25, -0.2) is 0 Å². The zero-order valence-corrected chi connectivity index (χ0v) is 12.2. The highest BCUT2D eigenvalue weighted by Crippen LogP contribution is 2.17. The number of nitrogens with one attached hydrogen (secondary N) is 1. The number of carbonyl (C=O) groups is 1. The molecule has 0 aromatic carbocycles. The molecule has 1 unspecified atom stereocenters. The van der Waals surface area contributed by atoms with E-state index >= 15 is 0 Å². The average Bonchev–Trinajstić information content (AvgIpc) is 2.88. The van der Waals surface area contributed by atoms with Gasteiger partial charge in [0.2, 0.25) is 5.91 Å². The van der Waals surface area contributed by atoms with Crippen LogP contribution in [0.4, 0.5) is 0 Å². The first-order valence-corrected chi connectivity index (χ1v) is 7.32. The van der Waals surface area contributed by atoms with Gasteiger partial charge in [0.15, 0.2) is 5.84 Å². The maximum absolute atomic E-state index is 12.0. The highest BCUT2D eigenvalue weighted by Gasteiger charge is 2.22. The topological polar surface area (TPSA) is 87.7 Å². The molecule has 5 nitrogen and oxygen atoms in total. The normalized spacial score (nSPS) is 13.3. The number of nitrogens with zero attached hydrogens (tertiary/aromatic N) is 1. The Bertz CT molecular complexity index is 443. The molecule has 1 atom stereocenters. The molecule has 1 aromatic rings. The van der Waals surface area contributed by atoms with Gasteiger partial charge in [0, 0.05) is 4.88 Å². The van der Waals surface area contributed by atoms with Crippen LogP contribution < -0.4 is 11.1 Å². The predicted octanol–water partition coefficient (Wildman–Crippen LogP) is 2.09. The van der Waals surface area contributed by atoms with Crippen molar-refractivity contribution in [1.29, 1.82) is 0 Å². The van der Waals surface area contributed by atoms with Crippen LogP contribution in [-0.4, -0.2) is 17.0 Å². The predicted molar refractivity (Wildman–Crippen MR) is 77.4 cm³/mol. The Kier molecular flexibility index (Phi) is 6.35. The fraction of sp³-hybridized carbons (Fsp3) is 0.538. The number of rotatable bonds is 7. The Labute approximate surface area is 117 Å². The lowest BCUT2D eigenvalue weighted by Gasteiger charge is -2.14. The number of carbonyl (C=O) groups excluding carboxylic acids is 1. The standard InChI is InChI=1S/C13H21N3O2S/c1-3-5-10(12(14)16-18)13(17)15-8-11-9(4-2)6-7-19-11/h6-7,10,18H,3-5,8H2,1-2H3,(H2,14,16)(H,15,17). The first kappa shape index (κ1) is 15.5. The number of amides is 1. The van der Waals surface area contributed by atoms with Gasteiger partial charge >= 0.3 is 0 Å². The summed E-state index contributed by atoms with van der Waals surface area (Å²) in [5, 5.41) is 16.5. The first-order valence-electron chi connectivity index (χ1n) is 6.44. The summed E-state index contributed by atoms with van der Waals surface area (Å²) < 4.78 is 0. The van der Waals surface area contributed by atoms with Crippen molar-refractivity contribution in [3.8, 4) is 0 Å². The summed E-state index contributed by atoms with van der Waals surface area (Å²) in [6.07, 6.45) is 2.33. The number of thiophene rings is 1. The minimum absolute atomic E-state index is 0.0266. The van der Waals surface area contributed by atoms with Gasteiger partial charge in [-0.2, -0.15) is 0 Å². The largest absolute Gasteiger partial charge is 0.409 e. The lowest BCUT2D eigenvalue weighted by atomic mass is 10.0. The molecule has 6 heteroatoms. The number of hydrogen-bond acceptors (Lipinski definition) is 4. The second-order valence-corrected chi connectivity index (χ2v) is 5.31. The minimum Gasteiger partial charge on any atom is -0.409 e. The van der Waals surface area contributed by atoms with Gasteiger partial charge < -0.3 is 16.3 Å². The van der Waals surface area contributed by atoms with Crippen LogP contribution in [0.3, 0.4) is 0 Å². The molecule has 0 saturated carbocycles. The average molecular weight is 283 g/mol. The summed E-state index contributed by atoms with van der Waals surface area (Å²) in [4.78, 5) is 13.2. The van der Waals surface area contributed by atoms with E-state index in [1.165, 1.54) is 5.56 Å². The summed E-state index contributed by atoms with van der Waals surface area (Å²) in [5.74, 6) is -0.770. The second kappa shape index (κ2) is 7.78. The number of amidine groups is 1. The lowest BCUT2D eigenvalue weighted by Crippen LogP contribution is -2.38. The van der Waals surface area contributed by atoms with Crippen molar-refractivity contribution in [2.24, 2.45) is 16.8 Å². The lowest BCUT2D eigenvalue weighted by molar-refractivity contribution is -0.123. The summed E-state index contributed by atoms with van der Waals surface area (Å²) in [7, 11) is 0. The van der Waals surface area contributed by atoms with E-state index in [1.807, 2.05) is 12.3 Å². The van der Waals surface area contributed by atoms with E-state index in [1.54, 1.807) is 11.3 Å². The van der Waals surface area contributed by atoms with Crippen LogP contribution in [0, 0.1) is 5.92 Å². The number of oxime groups is 1. The molecule has 4 N–H and O–H groups in total. The Morgan fingerprint density at radius 2 is 2.32 bits per heavy atom. The van der Waals surface area contributed by atoms with Crippen molar-refractivity contribution < 1.29 is 10.0 Å². The van der Waals surface area contributed by atoms with E-state index in [2.05, 4.69) is 23.5 Å². The van der Waals surface area contributed by atoms with Crippen molar-refractivity contribution in [3.05, 3.63) is 21.9 Å². The van der Waals surface area contributed by atoms with Crippen LogP contribution in [0.15, 0.2) is 16.6 Å². The summed E-state index contributed by atoms with van der Waals surface area (Å²) in [6, 6.07) is 2.07. The van der Waals surface area contributed by atoms with Gasteiger partial charge in [-0.3, -0.25) is 4.79 Å². The van der Waals surface area contributed by atoms with Crippen LogP contribution in [0.5, 0.6) is 0 Å². The van der Waals surface area contributed by atoms with Crippen molar-refractivity contribution in [1.82, 2.24) is 5.32 Å². The smallest absolute Gasteiger partial charge is 0.231 e. The quantitative estimate of drug-likeness (QED) is 0.310. The fourth-order valence-corrected chi connectivity index (χ4v) is 2.82. The first-order chi connectivity index (χ1) is 9.13. The maximum atomic E-state index is 12.0. The molecule has 1 rings (SSSR count). The third-order valence-corrected chi connectivity index (χ3v) is 3.97. The number of hydrogen-bond donors (Lipinski definition) is 3. The Balaban J connectivity index is 2.62. The van der Waals surface area contributed by atoms with Gasteiger partial charge in [0.1, 0.15) is 0 Å². The van der Waals surface area contributed by atoms with E-state index in [-0.39, 0.29) is 11.7 Å². The zero-order chi connectivity index (χ0) is 14.3. The van der Waals surface area contributed by atoms with Crippen LogP contribution in [-0.2, 0) is 17.8 Å². The molecule has 1 amide bonds. The SMILES string of the molecule is CCCC(C(=O)NCc1sccc1CC)C(N)=NO. The highest BCUT2D eigenvalue weighted by molar-refractivity contribution is 7.10. The van der Waals surface area contributed by atoms with E-state index in [0.29, 0.717) is 13.0 Å². The summed E-state index contributed by atoms with van der Waals surface area (Å²) in [6.45, 7) is 4.54. The Hall–Kier alpha value is -1.56. The van der Waals surface area contributed by atoms with Gasteiger partial charge in [-0.1, -0.05) is 25.4 Å². The van der Waals surface area contributed by atoms with Crippen LogP contribution in [0.25, 0.3) is 0 Å². The minimum atomic E-state index is -0.556. The van der Waals surface area contributed by atoms with E-state index < -0.39 is 5.92 Å². The van der Waals surface area contributed by atoms with Crippen LogP contribution >= 0.6 is 11.3 Å². The van der Waals surface area contributed by atoms with Crippen LogP contribution in [0.2, 0.25) is 0 Å². The molecule has 0 aliphatic heterocycles. The van der Waals surface area contributed by atoms with E-state index in [9.17, 15) is 4.79 Å². The number of nitrogens with two attached hydrogens (primary N) is 1. The third-order valence-electron chi connectivity index (χ3n) is 3.01. The van der Waals surface area contributed by atoms with E-state index in [0.717, 1.165) is 17.7 Å². The Morgan fingerprint density at radius 1 is 1.58 bits per heavy atom. The fourth-order valence-electron chi connectivity index (χ4n) is 1.90. The molecule has 0 aliphatic rings. The molecule has 106 valence electrons. The van der Waals surface area contributed by atoms with Crippen LogP contribution in [0.1, 0.15) is 37.1 Å². The van der Waals surface area contributed by atoms with Crippen molar-refractivity contribution >= 4 is 23.1 Å². The molecule has 1 aromatic heterocycles. The molecule has 0 saturated heterocycles. The molecule has 0 radical (unpaired) electrons. The van der Waals surface area contributed by atoms with Gasteiger partial charge in [0.25, 0.3) is 0 Å². The van der Waals surface area contributed by atoms with Gasteiger partial charge in [-0.05, 0) is 29.9 Å². The molecule has 1 heterocycles. The molecule has 0 spiro atoms. The number of aryl methyl sites for hydroxylation is 1. The summed E-state index contributed by atoms with van der Waals surface area (Å²) >= 11 is 1.63. The van der Waals surface area contributed by atoms with Crippen molar-refractivity contribution in [3.63, 3.8) is 0 Å².